The van der Waals surface area contributed by atoms with Crippen LogP contribution in [-0.2, 0) is 30.0 Å². The van der Waals surface area contributed by atoms with Crippen LogP contribution in [0.1, 0.15) is 11.3 Å². The van der Waals surface area contributed by atoms with E-state index in [0.29, 0.717) is 17.1 Å². The molecule has 0 radical (unpaired) electrons. The van der Waals surface area contributed by atoms with Gasteiger partial charge in [0.15, 0.2) is 0 Å². The van der Waals surface area contributed by atoms with Gasteiger partial charge < -0.3 is 5.11 Å². The first kappa shape index (κ1) is 17.4. The molecule has 5 nitrogen and oxygen atoms in total. The molecule has 0 aliphatic carbocycles. The molecule has 21 heavy (non-hydrogen) atoms. The Morgan fingerprint density at radius 2 is 2.05 bits per heavy atom. The molecule has 1 aromatic heterocycles. The van der Waals surface area contributed by atoms with Gasteiger partial charge >= 0.3 is 23.5 Å². The van der Waals surface area contributed by atoms with Crippen LogP contribution in [0.15, 0.2) is 47.6 Å². The molecule has 0 bridgehead atoms. The number of hydrogen-bond donors (Lipinski definition) is 1. The Hall–Kier alpha value is -1.69. The fourth-order valence-electron chi connectivity index (χ4n) is 1.52. The van der Waals surface area contributed by atoms with Crippen molar-refractivity contribution in [2.45, 2.75) is 6.42 Å². The zero-order valence-corrected chi connectivity index (χ0v) is 13.2. The molecule has 2 rings (SSSR count). The van der Waals surface area contributed by atoms with E-state index in [1.165, 1.54) is 0 Å². The number of rotatable bonds is 4. The van der Waals surface area contributed by atoms with Crippen molar-refractivity contribution in [1.82, 2.24) is 4.98 Å². The summed E-state index contributed by atoms with van der Waals surface area (Å²) in [6, 6.07) is 10.7. The SMILES string of the molecule is Oc1ccc(Cl)cc1C=NCCc1ccccn1.[O]=[V]=[O]. The van der Waals surface area contributed by atoms with Crippen LogP contribution in [0.3, 0.4) is 0 Å². The van der Waals surface area contributed by atoms with E-state index in [-0.39, 0.29) is 5.75 Å². The molecule has 7 heteroatoms. The van der Waals surface area contributed by atoms with E-state index in [1.807, 2.05) is 18.2 Å². The number of pyridine rings is 1. The van der Waals surface area contributed by atoms with Crippen molar-refractivity contribution in [3.8, 4) is 5.75 Å². The average Bonchev–Trinajstić information content (AvgIpc) is 2.49. The molecule has 0 aliphatic heterocycles. The van der Waals surface area contributed by atoms with Gasteiger partial charge in [-0.1, -0.05) is 17.7 Å². The van der Waals surface area contributed by atoms with Gasteiger partial charge in [-0.3, -0.25) is 9.98 Å². The third-order valence-corrected chi connectivity index (χ3v) is 2.68. The van der Waals surface area contributed by atoms with Gasteiger partial charge in [0.05, 0.1) is 0 Å². The first-order valence-electron chi connectivity index (χ1n) is 6.00. The van der Waals surface area contributed by atoms with Crippen molar-refractivity contribution in [2.75, 3.05) is 6.54 Å². The molecule has 0 saturated carbocycles. The molecule has 0 aliphatic rings. The third kappa shape index (κ3) is 7.04. The summed E-state index contributed by atoms with van der Waals surface area (Å²) in [4.78, 5) is 8.47. The molecule has 2 aromatic rings. The number of phenolic OH excluding ortho intramolecular Hbond substituents is 1. The van der Waals surface area contributed by atoms with Crippen molar-refractivity contribution in [1.29, 1.82) is 0 Å². The summed E-state index contributed by atoms with van der Waals surface area (Å²) >= 11 is 4.03. The number of nitrogens with zero attached hydrogens (tertiary/aromatic N) is 2. The molecule has 1 N–H and O–H groups in total. The number of phenols is 1. The first-order chi connectivity index (χ1) is 10.2. The summed E-state index contributed by atoms with van der Waals surface area (Å²) in [5.41, 5.74) is 1.63. The van der Waals surface area contributed by atoms with Crippen molar-refractivity contribution < 1.29 is 28.6 Å². The summed E-state index contributed by atoms with van der Waals surface area (Å²) in [6.45, 7) is 0.628. The maximum atomic E-state index is 9.59. The number of benzene rings is 1. The first-order valence-corrected chi connectivity index (χ1v) is 7.52. The Balaban J connectivity index is 0.000000677. The van der Waals surface area contributed by atoms with E-state index in [2.05, 4.69) is 9.98 Å². The second-order valence-corrected chi connectivity index (χ2v) is 4.55. The van der Waals surface area contributed by atoms with Crippen molar-refractivity contribution in [2.24, 2.45) is 4.99 Å². The summed E-state index contributed by atoms with van der Waals surface area (Å²) in [5, 5.41) is 10.2. The van der Waals surface area contributed by atoms with Gasteiger partial charge in [-0.05, 0) is 30.3 Å². The summed E-state index contributed by atoms with van der Waals surface area (Å²) in [5.74, 6) is 0.181. The molecule has 0 fully saturated rings. The van der Waals surface area contributed by atoms with E-state index in [1.54, 1.807) is 30.6 Å². The van der Waals surface area contributed by atoms with Crippen molar-refractivity contribution in [3.05, 3.63) is 58.9 Å². The third-order valence-electron chi connectivity index (χ3n) is 2.44. The molecule has 0 spiro atoms. The number of aromatic hydroxyl groups is 1. The van der Waals surface area contributed by atoms with Gasteiger partial charge in [-0.25, -0.2) is 0 Å². The fourth-order valence-corrected chi connectivity index (χ4v) is 1.70. The molecule has 0 atom stereocenters. The van der Waals surface area contributed by atoms with Gasteiger partial charge in [0.1, 0.15) is 5.75 Å². The van der Waals surface area contributed by atoms with Crippen LogP contribution in [-0.4, -0.2) is 22.8 Å². The molecule has 0 amide bonds. The van der Waals surface area contributed by atoms with Gasteiger partial charge in [0.25, 0.3) is 0 Å². The second kappa shape index (κ2) is 10.1. The molecule has 0 saturated heterocycles. The average molecular weight is 344 g/mol. The maximum absolute atomic E-state index is 9.59. The molecular weight excluding hydrogens is 331 g/mol. The molecular formula is C14H13ClN2O3V. The second-order valence-electron chi connectivity index (χ2n) is 3.88. The number of halogens is 1. The predicted octanol–water partition coefficient (Wildman–Crippen LogP) is 2.86. The van der Waals surface area contributed by atoms with Gasteiger partial charge in [-0.15, -0.1) is 0 Å². The number of hydrogen-bond acceptors (Lipinski definition) is 5. The van der Waals surface area contributed by atoms with Crippen LogP contribution in [0.2, 0.25) is 5.02 Å². The zero-order valence-electron chi connectivity index (χ0n) is 11.0. The van der Waals surface area contributed by atoms with Gasteiger partial charge in [0.2, 0.25) is 0 Å². The summed E-state index contributed by atoms with van der Waals surface area (Å²) in [6.07, 6.45) is 4.17. The number of aromatic nitrogens is 1. The monoisotopic (exact) mass is 343 g/mol. The van der Waals surface area contributed by atoms with E-state index in [4.69, 9.17) is 18.9 Å². The molecule has 109 valence electrons. The minimum atomic E-state index is -1.81. The van der Waals surface area contributed by atoms with Gasteiger partial charge in [-0.2, -0.15) is 0 Å². The predicted molar refractivity (Wildman–Crippen MR) is 74.9 cm³/mol. The van der Waals surface area contributed by atoms with Crippen LogP contribution in [0, 0.1) is 0 Å². The molecule has 1 heterocycles. The Morgan fingerprint density at radius 1 is 1.29 bits per heavy atom. The van der Waals surface area contributed by atoms with Crippen LogP contribution >= 0.6 is 11.6 Å². The van der Waals surface area contributed by atoms with E-state index in [0.717, 1.165) is 12.1 Å². The molecule has 0 unspecified atom stereocenters. The summed E-state index contributed by atoms with van der Waals surface area (Å²) < 4.78 is 16.9. The Bertz CT molecular complexity index is 629. The van der Waals surface area contributed by atoms with Crippen molar-refractivity contribution >= 4 is 17.8 Å². The normalized spacial score (nSPS) is 9.76. The Kier molecular flexibility index (Phi) is 8.35. The van der Waals surface area contributed by atoms with Crippen LogP contribution in [0.5, 0.6) is 5.75 Å². The number of aliphatic imine (C=N–C) groups is 1. The minimum absolute atomic E-state index is 0.181. The fraction of sp³-hybridized carbons (Fsp3) is 0.143. The molecule has 1 aromatic carbocycles. The quantitative estimate of drug-likeness (QED) is 0.866. The van der Waals surface area contributed by atoms with E-state index in [9.17, 15) is 5.11 Å². The van der Waals surface area contributed by atoms with Crippen LogP contribution < -0.4 is 0 Å². The Labute approximate surface area is 134 Å². The standard InChI is InChI=1S/C14H13ClN2O.2O.V/c15-12-4-5-14(18)11(9-12)10-16-8-6-13-3-1-2-7-17-13;;;/h1-5,7,9-10,18H,6,8H2;;;. The van der Waals surface area contributed by atoms with Gasteiger partial charge in [0, 0.05) is 41.7 Å². The van der Waals surface area contributed by atoms with Crippen molar-refractivity contribution in [3.63, 3.8) is 0 Å². The summed E-state index contributed by atoms with van der Waals surface area (Å²) in [7, 11) is 0. The van der Waals surface area contributed by atoms with E-state index >= 15 is 0 Å². The van der Waals surface area contributed by atoms with E-state index < -0.39 is 16.2 Å². The van der Waals surface area contributed by atoms with Crippen LogP contribution in [0.25, 0.3) is 0 Å². The van der Waals surface area contributed by atoms with Crippen LogP contribution in [0.4, 0.5) is 0 Å². The zero-order chi connectivity index (χ0) is 15.5. The topological polar surface area (TPSA) is 79.6 Å². The Morgan fingerprint density at radius 3 is 2.71 bits per heavy atom.